The Hall–Kier alpha value is -1.92. The van der Waals surface area contributed by atoms with Gasteiger partial charge >= 0.3 is 0 Å². The van der Waals surface area contributed by atoms with Crippen LogP contribution >= 0.6 is 0 Å². The van der Waals surface area contributed by atoms with Gasteiger partial charge in [0, 0.05) is 36.2 Å². The number of aromatic nitrogens is 2. The highest BCUT2D eigenvalue weighted by molar-refractivity contribution is 5.43. The molecule has 1 aliphatic rings. The van der Waals surface area contributed by atoms with E-state index in [1.54, 1.807) is 7.11 Å². The summed E-state index contributed by atoms with van der Waals surface area (Å²) in [4.78, 5) is 4.60. The van der Waals surface area contributed by atoms with Gasteiger partial charge in [-0.3, -0.25) is 0 Å². The largest absolute Gasteiger partial charge is 0.496 e. The number of hydrogen-bond acceptors (Lipinski definition) is 6. The molecule has 1 N–H and O–H groups in total. The van der Waals surface area contributed by atoms with Gasteiger partial charge in [0.2, 0.25) is 5.89 Å². The lowest BCUT2D eigenvalue weighted by Crippen LogP contribution is -2.43. The van der Waals surface area contributed by atoms with E-state index in [9.17, 15) is 0 Å². The molecule has 1 aromatic heterocycles. The summed E-state index contributed by atoms with van der Waals surface area (Å²) >= 11 is 0. The molecule has 0 saturated carbocycles. The van der Waals surface area contributed by atoms with E-state index in [-0.39, 0.29) is 16.9 Å². The van der Waals surface area contributed by atoms with Gasteiger partial charge < -0.3 is 19.3 Å². The van der Waals surface area contributed by atoms with E-state index in [0.717, 1.165) is 44.2 Å². The monoisotopic (exact) mass is 387 g/mol. The maximum atomic E-state index is 5.70. The molecule has 2 aromatic rings. The number of methoxy groups -OCH3 is 1. The Balaban J connectivity index is 1.82. The Labute approximate surface area is 168 Å². The van der Waals surface area contributed by atoms with Crippen LogP contribution in [0, 0.1) is 6.92 Å². The third-order valence-corrected chi connectivity index (χ3v) is 5.61. The second-order valence-corrected chi connectivity index (χ2v) is 8.91. The van der Waals surface area contributed by atoms with Crippen molar-refractivity contribution in [2.45, 2.75) is 64.3 Å². The number of nitrogens with one attached hydrogen (secondary N) is 1. The van der Waals surface area contributed by atoms with Gasteiger partial charge in [-0.1, -0.05) is 43.6 Å². The lowest BCUT2D eigenvalue weighted by molar-refractivity contribution is 0.0478. The number of nitrogens with zero attached hydrogens (tertiary/aromatic N) is 2. The molecular weight excluding hydrogens is 354 g/mol. The van der Waals surface area contributed by atoms with Gasteiger partial charge in [-0.05, 0) is 32.8 Å². The molecule has 1 fully saturated rings. The van der Waals surface area contributed by atoms with Gasteiger partial charge in [-0.2, -0.15) is 4.98 Å². The summed E-state index contributed by atoms with van der Waals surface area (Å²) in [6.45, 7) is 12.7. The van der Waals surface area contributed by atoms with Crippen molar-refractivity contribution in [2.75, 3.05) is 26.9 Å². The molecule has 1 aliphatic heterocycles. The standard InChI is InChI=1S/C22H33N3O3/c1-15-7-8-18(26-6)17(13-15)22(9-11-27-12-10-22)14-23-16(2)19-24-20(25-28-19)21(3,4)5/h7-8,13,16,23H,9-12,14H2,1-6H3. The second kappa shape index (κ2) is 8.21. The van der Waals surface area contributed by atoms with Gasteiger partial charge in [0.1, 0.15) is 5.75 Å². The van der Waals surface area contributed by atoms with E-state index in [1.807, 2.05) is 0 Å². The molecule has 0 aliphatic carbocycles. The van der Waals surface area contributed by atoms with Crippen LogP contribution < -0.4 is 10.1 Å². The highest BCUT2D eigenvalue weighted by atomic mass is 16.5. The molecule has 0 bridgehead atoms. The van der Waals surface area contributed by atoms with E-state index in [2.05, 4.69) is 68.3 Å². The average molecular weight is 388 g/mol. The van der Waals surface area contributed by atoms with Crippen LogP contribution in [-0.4, -0.2) is 37.0 Å². The zero-order valence-corrected chi connectivity index (χ0v) is 18.0. The second-order valence-electron chi connectivity index (χ2n) is 8.91. The summed E-state index contributed by atoms with van der Waals surface area (Å²) in [5, 5.41) is 7.79. The molecule has 6 nitrogen and oxygen atoms in total. The fourth-order valence-electron chi connectivity index (χ4n) is 3.69. The zero-order valence-electron chi connectivity index (χ0n) is 18.0. The zero-order chi connectivity index (χ0) is 20.4. The quantitative estimate of drug-likeness (QED) is 0.805. The molecule has 2 heterocycles. The normalized spacial score (nSPS) is 18.1. The summed E-state index contributed by atoms with van der Waals surface area (Å²) in [7, 11) is 1.74. The summed E-state index contributed by atoms with van der Waals surface area (Å²) in [6.07, 6.45) is 1.90. The first-order valence-corrected chi connectivity index (χ1v) is 10.1. The Morgan fingerprint density at radius 1 is 1.25 bits per heavy atom. The molecule has 1 aromatic carbocycles. The average Bonchev–Trinajstić information content (AvgIpc) is 3.18. The number of aryl methyl sites for hydroxylation is 1. The fourth-order valence-corrected chi connectivity index (χ4v) is 3.69. The molecule has 0 spiro atoms. The Morgan fingerprint density at radius 3 is 2.57 bits per heavy atom. The smallest absolute Gasteiger partial charge is 0.243 e. The van der Waals surface area contributed by atoms with Gasteiger partial charge in [-0.15, -0.1) is 0 Å². The summed E-state index contributed by atoms with van der Waals surface area (Å²) in [6, 6.07) is 6.39. The van der Waals surface area contributed by atoms with Crippen molar-refractivity contribution in [2.24, 2.45) is 0 Å². The van der Waals surface area contributed by atoms with E-state index in [1.165, 1.54) is 11.1 Å². The first-order valence-electron chi connectivity index (χ1n) is 10.1. The topological polar surface area (TPSA) is 69.4 Å². The first kappa shape index (κ1) is 20.8. The lowest BCUT2D eigenvalue weighted by Gasteiger charge is -2.39. The summed E-state index contributed by atoms with van der Waals surface area (Å²) in [5.41, 5.74) is 2.31. The van der Waals surface area contributed by atoms with E-state index >= 15 is 0 Å². The minimum Gasteiger partial charge on any atom is -0.496 e. The number of hydrogen-bond donors (Lipinski definition) is 1. The number of ether oxygens (including phenoxy) is 2. The van der Waals surface area contributed by atoms with Crippen molar-refractivity contribution in [1.82, 2.24) is 15.5 Å². The minimum absolute atomic E-state index is 0.0286. The molecular formula is C22H33N3O3. The van der Waals surface area contributed by atoms with Crippen molar-refractivity contribution in [3.05, 3.63) is 41.0 Å². The number of benzene rings is 1. The minimum atomic E-state index is -0.127. The Kier molecular flexibility index (Phi) is 6.10. The van der Waals surface area contributed by atoms with Crippen molar-refractivity contribution in [1.29, 1.82) is 0 Å². The Morgan fingerprint density at radius 2 is 1.96 bits per heavy atom. The molecule has 1 saturated heterocycles. The van der Waals surface area contributed by atoms with Crippen LogP contribution in [0.25, 0.3) is 0 Å². The van der Waals surface area contributed by atoms with Gasteiger partial charge in [0.25, 0.3) is 0 Å². The predicted molar refractivity (Wildman–Crippen MR) is 109 cm³/mol. The molecule has 1 unspecified atom stereocenters. The molecule has 154 valence electrons. The lowest BCUT2D eigenvalue weighted by atomic mass is 9.73. The van der Waals surface area contributed by atoms with Crippen LogP contribution in [0.15, 0.2) is 22.7 Å². The molecule has 0 radical (unpaired) electrons. The molecule has 28 heavy (non-hydrogen) atoms. The van der Waals surface area contributed by atoms with E-state index in [4.69, 9.17) is 14.0 Å². The molecule has 6 heteroatoms. The van der Waals surface area contributed by atoms with Crippen molar-refractivity contribution in [3.8, 4) is 5.75 Å². The van der Waals surface area contributed by atoms with E-state index < -0.39 is 0 Å². The highest BCUT2D eigenvalue weighted by Gasteiger charge is 2.37. The van der Waals surface area contributed by atoms with Crippen LogP contribution in [0.1, 0.15) is 69.4 Å². The van der Waals surface area contributed by atoms with Crippen LogP contribution in [0.3, 0.4) is 0 Å². The van der Waals surface area contributed by atoms with Gasteiger partial charge in [0.15, 0.2) is 5.82 Å². The maximum absolute atomic E-state index is 5.70. The molecule has 0 amide bonds. The van der Waals surface area contributed by atoms with Crippen LogP contribution in [0.5, 0.6) is 5.75 Å². The molecule has 3 rings (SSSR count). The van der Waals surface area contributed by atoms with Crippen molar-refractivity contribution >= 4 is 0 Å². The van der Waals surface area contributed by atoms with Crippen molar-refractivity contribution in [3.63, 3.8) is 0 Å². The fraction of sp³-hybridized carbons (Fsp3) is 0.636. The number of rotatable bonds is 6. The van der Waals surface area contributed by atoms with Crippen LogP contribution in [0.2, 0.25) is 0 Å². The van der Waals surface area contributed by atoms with Crippen LogP contribution in [0.4, 0.5) is 0 Å². The van der Waals surface area contributed by atoms with Gasteiger partial charge in [0.05, 0.1) is 13.2 Å². The van der Waals surface area contributed by atoms with E-state index in [0.29, 0.717) is 5.89 Å². The highest BCUT2D eigenvalue weighted by Crippen LogP contribution is 2.40. The van der Waals surface area contributed by atoms with Gasteiger partial charge in [-0.25, -0.2) is 0 Å². The molecule has 1 atom stereocenters. The third-order valence-electron chi connectivity index (χ3n) is 5.61. The summed E-state index contributed by atoms with van der Waals surface area (Å²) < 4.78 is 16.9. The Bertz CT molecular complexity index is 789. The van der Waals surface area contributed by atoms with Crippen molar-refractivity contribution < 1.29 is 14.0 Å². The SMILES string of the molecule is COc1ccc(C)cc1C1(CNC(C)c2nc(C(C)(C)C)no2)CCOCC1. The first-order chi connectivity index (χ1) is 13.2. The predicted octanol–water partition coefficient (Wildman–Crippen LogP) is 4.08. The van der Waals surface area contributed by atoms with Crippen LogP contribution in [-0.2, 0) is 15.6 Å². The maximum Gasteiger partial charge on any atom is 0.243 e. The third kappa shape index (κ3) is 4.39. The summed E-state index contributed by atoms with van der Waals surface area (Å²) in [5.74, 6) is 2.30.